The van der Waals surface area contributed by atoms with Crippen molar-refractivity contribution in [2.45, 2.75) is 19.4 Å². The summed E-state index contributed by atoms with van der Waals surface area (Å²) in [5.74, 6) is 0.254. The number of phenolic OH excluding ortho intramolecular Hbond substituents is 1. The number of aromatic nitrogens is 2. The maximum Gasteiger partial charge on any atom is 0.116 e. The SMILES string of the molecule is CC(N)Cc1n[nH]c2ccc(O)cc12. The average molecular weight is 191 g/mol. The number of aromatic hydroxyl groups is 1. The number of aromatic amines is 1. The Morgan fingerprint density at radius 3 is 3.07 bits per heavy atom. The monoisotopic (exact) mass is 191 g/mol. The number of fused-ring (bicyclic) bond motifs is 1. The van der Waals surface area contributed by atoms with Gasteiger partial charge in [-0.15, -0.1) is 0 Å². The van der Waals surface area contributed by atoms with Crippen molar-refractivity contribution in [2.24, 2.45) is 5.73 Å². The maximum absolute atomic E-state index is 9.33. The van der Waals surface area contributed by atoms with Crippen molar-refractivity contribution in [1.29, 1.82) is 0 Å². The highest BCUT2D eigenvalue weighted by Gasteiger charge is 2.07. The van der Waals surface area contributed by atoms with Gasteiger partial charge in [0.25, 0.3) is 0 Å². The molecule has 1 heterocycles. The van der Waals surface area contributed by atoms with Crippen LogP contribution in [0, 0.1) is 0 Å². The highest BCUT2D eigenvalue weighted by atomic mass is 16.3. The lowest BCUT2D eigenvalue weighted by Gasteiger charge is -2.01. The quantitative estimate of drug-likeness (QED) is 0.666. The molecule has 0 radical (unpaired) electrons. The van der Waals surface area contributed by atoms with Crippen molar-refractivity contribution in [3.8, 4) is 5.75 Å². The van der Waals surface area contributed by atoms with Crippen molar-refractivity contribution in [3.05, 3.63) is 23.9 Å². The molecule has 2 rings (SSSR count). The van der Waals surface area contributed by atoms with E-state index in [0.29, 0.717) is 6.42 Å². The number of nitrogens with zero attached hydrogens (tertiary/aromatic N) is 1. The van der Waals surface area contributed by atoms with Gasteiger partial charge in [0.2, 0.25) is 0 Å². The first kappa shape index (κ1) is 9.02. The van der Waals surface area contributed by atoms with Gasteiger partial charge in [-0.05, 0) is 25.1 Å². The molecule has 0 fully saturated rings. The molecule has 0 spiro atoms. The van der Waals surface area contributed by atoms with Gasteiger partial charge in [0.1, 0.15) is 5.75 Å². The fourth-order valence-electron chi connectivity index (χ4n) is 1.52. The Bertz CT molecular complexity index is 448. The molecule has 0 saturated carbocycles. The van der Waals surface area contributed by atoms with Crippen molar-refractivity contribution in [3.63, 3.8) is 0 Å². The summed E-state index contributed by atoms with van der Waals surface area (Å²) in [7, 11) is 0. The van der Waals surface area contributed by atoms with E-state index in [1.807, 2.05) is 13.0 Å². The van der Waals surface area contributed by atoms with Crippen LogP contribution in [0.25, 0.3) is 10.9 Å². The summed E-state index contributed by atoms with van der Waals surface area (Å²) in [4.78, 5) is 0. The van der Waals surface area contributed by atoms with E-state index in [2.05, 4.69) is 10.2 Å². The topological polar surface area (TPSA) is 74.9 Å². The molecule has 0 aliphatic heterocycles. The Morgan fingerprint density at radius 1 is 1.57 bits per heavy atom. The van der Waals surface area contributed by atoms with Crippen LogP contribution in [-0.4, -0.2) is 21.3 Å². The Labute approximate surface area is 81.7 Å². The minimum Gasteiger partial charge on any atom is -0.508 e. The van der Waals surface area contributed by atoms with Gasteiger partial charge in [0.05, 0.1) is 11.2 Å². The molecule has 1 atom stereocenters. The summed E-state index contributed by atoms with van der Waals surface area (Å²) in [6, 6.07) is 5.22. The van der Waals surface area contributed by atoms with Crippen LogP contribution in [-0.2, 0) is 6.42 Å². The molecule has 0 amide bonds. The van der Waals surface area contributed by atoms with E-state index in [1.54, 1.807) is 12.1 Å². The number of hydrogen-bond acceptors (Lipinski definition) is 3. The van der Waals surface area contributed by atoms with Gasteiger partial charge in [-0.1, -0.05) is 0 Å². The lowest BCUT2D eigenvalue weighted by molar-refractivity contribution is 0.476. The molecule has 1 aromatic carbocycles. The number of nitrogens with two attached hydrogens (primary N) is 1. The zero-order chi connectivity index (χ0) is 10.1. The molecular formula is C10H13N3O. The molecule has 4 nitrogen and oxygen atoms in total. The van der Waals surface area contributed by atoms with Gasteiger partial charge in [0, 0.05) is 17.8 Å². The summed E-state index contributed by atoms with van der Waals surface area (Å²) in [6.45, 7) is 1.93. The smallest absolute Gasteiger partial charge is 0.116 e. The molecular weight excluding hydrogens is 178 g/mol. The minimum absolute atomic E-state index is 0.0730. The van der Waals surface area contributed by atoms with Crippen molar-refractivity contribution in [2.75, 3.05) is 0 Å². The largest absolute Gasteiger partial charge is 0.508 e. The van der Waals surface area contributed by atoms with E-state index < -0.39 is 0 Å². The van der Waals surface area contributed by atoms with E-state index in [-0.39, 0.29) is 11.8 Å². The van der Waals surface area contributed by atoms with Crippen LogP contribution in [0.1, 0.15) is 12.6 Å². The van der Waals surface area contributed by atoms with Crippen LogP contribution in [0.5, 0.6) is 5.75 Å². The summed E-state index contributed by atoms with van der Waals surface area (Å²) >= 11 is 0. The summed E-state index contributed by atoms with van der Waals surface area (Å²) < 4.78 is 0. The average Bonchev–Trinajstić information content (AvgIpc) is 2.47. The molecule has 14 heavy (non-hydrogen) atoms. The number of rotatable bonds is 2. The zero-order valence-electron chi connectivity index (χ0n) is 7.99. The number of benzene rings is 1. The third-order valence-corrected chi connectivity index (χ3v) is 2.14. The van der Waals surface area contributed by atoms with Crippen molar-refractivity contribution >= 4 is 10.9 Å². The van der Waals surface area contributed by atoms with E-state index in [9.17, 15) is 5.11 Å². The Hall–Kier alpha value is -1.55. The number of hydrogen-bond donors (Lipinski definition) is 3. The van der Waals surface area contributed by atoms with Gasteiger partial charge in [0.15, 0.2) is 0 Å². The molecule has 2 aromatic rings. The third-order valence-electron chi connectivity index (χ3n) is 2.14. The maximum atomic E-state index is 9.33. The van der Waals surface area contributed by atoms with Crippen LogP contribution in [0.15, 0.2) is 18.2 Å². The number of phenols is 1. The van der Waals surface area contributed by atoms with Crippen LogP contribution < -0.4 is 5.73 Å². The zero-order valence-corrected chi connectivity index (χ0v) is 7.99. The summed E-state index contributed by atoms with van der Waals surface area (Å²) in [6.07, 6.45) is 0.712. The van der Waals surface area contributed by atoms with E-state index in [0.717, 1.165) is 16.6 Å². The second kappa shape index (κ2) is 3.31. The molecule has 74 valence electrons. The van der Waals surface area contributed by atoms with Gasteiger partial charge in [-0.3, -0.25) is 5.10 Å². The molecule has 4 heteroatoms. The van der Waals surface area contributed by atoms with Crippen molar-refractivity contribution in [1.82, 2.24) is 10.2 Å². The standard InChI is InChI=1S/C10H13N3O/c1-6(11)4-10-8-5-7(14)2-3-9(8)12-13-10/h2-3,5-6,14H,4,11H2,1H3,(H,12,13). The van der Waals surface area contributed by atoms with Crippen molar-refractivity contribution < 1.29 is 5.11 Å². The molecule has 1 unspecified atom stereocenters. The van der Waals surface area contributed by atoms with Crippen LogP contribution in [0.4, 0.5) is 0 Å². The lowest BCUT2D eigenvalue weighted by Crippen LogP contribution is -2.18. The Kier molecular flexibility index (Phi) is 2.13. The normalized spacial score (nSPS) is 13.3. The lowest BCUT2D eigenvalue weighted by atomic mass is 10.1. The van der Waals surface area contributed by atoms with Gasteiger partial charge in [-0.2, -0.15) is 5.10 Å². The molecule has 0 aliphatic rings. The number of H-pyrrole nitrogens is 1. The Morgan fingerprint density at radius 2 is 2.36 bits per heavy atom. The molecule has 0 saturated heterocycles. The van der Waals surface area contributed by atoms with Crippen LogP contribution >= 0.6 is 0 Å². The first-order chi connectivity index (χ1) is 6.66. The summed E-state index contributed by atoms with van der Waals surface area (Å²) in [5, 5.41) is 17.3. The summed E-state index contributed by atoms with van der Waals surface area (Å²) in [5.41, 5.74) is 7.53. The van der Waals surface area contributed by atoms with E-state index >= 15 is 0 Å². The van der Waals surface area contributed by atoms with Crippen LogP contribution in [0.2, 0.25) is 0 Å². The molecule has 1 aromatic heterocycles. The predicted octanol–water partition coefficient (Wildman–Crippen LogP) is 1.16. The third kappa shape index (κ3) is 1.56. The minimum atomic E-state index is 0.0730. The first-order valence-electron chi connectivity index (χ1n) is 4.58. The Balaban J connectivity index is 2.50. The molecule has 4 N–H and O–H groups in total. The van der Waals surface area contributed by atoms with Gasteiger partial charge in [-0.25, -0.2) is 0 Å². The fraction of sp³-hybridized carbons (Fsp3) is 0.300. The molecule has 0 bridgehead atoms. The predicted molar refractivity (Wildman–Crippen MR) is 55.1 cm³/mol. The van der Waals surface area contributed by atoms with E-state index in [4.69, 9.17) is 5.73 Å². The van der Waals surface area contributed by atoms with Gasteiger partial charge >= 0.3 is 0 Å². The van der Waals surface area contributed by atoms with Gasteiger partial charge < -0.3 is 10.8 Å². The fourth-order valence-corrected chi connectivity index (χ4v) is 1.52. The molecule has 0 aliphatic carbocycles. The first-order valence-corrected chi connectivity index (χ1v) is 4.58. The highest BCUT2D eigenvalue weighted by molar-refractivity contribution is 5.82. The van der Waals surface area contributed by atoms with Crippen LogP contribution in [0.3, 0.4) is 0 Å². The second-order valence-corrected chi connectivity index (χ2v) is 3.58. The second-order valence-electron chi connectivity index (χ2n) is 3.58. The number of nitrogens with one attached hydrogen (secondary N) is 1. The highest BCUT2D eigenvalue weighted by Crippen LogP contribution is 2.21. The van der Waals surface area contributed by atoms with E-state index in [1.165, 1.54) is 0 Å².